The first-order chi connectivity index (χ1) is 18.4. The van der Waals surface area contributed by atoms with E-state index in [9.17, 15) is 14.3 Å². The minimum Gasteiger partial charge on any atom is -0.508 e. The molecule has 2 aromatic carbocycles. The third kappa shape index (κ3) is 3.24. The van der Waals surface area contributed by atoms with Gasteiger partial charge in [0.05, 0.1) is 25.0 Å². The Labute approximate surface area is 221 Å². The van der Waals surface area contributed by atoms with Crippen molar-refractivity contribution in [2.45, 2.75) is 57.3 Å². The molecular weight excluding hydrogens is 485 g/mol. The maximum atomic E-state index is 14.8. The standard InChI is InChI=1S/C29H32FN5O3/c1-4-18-20(30)7-5-15-11-17(36)12-23(24(15)18)34-10-9-19-22(14-34)32-28(38-3)27-25(19)35-13-16-6-8-21(31-16)26(35)29(37)33(27)2/h5,7,11-12,16,21,26,31,36H,4,6,8-10,13-14H2,1-3H3. The summed E-state index contributed by atoms with van der Waals surface area (Å²) >= 11 is 0. The van der Waals surface area contributed by atoms with E-state index in [0.717, 1.165) is 64.9 Å². The molecule has 2 saturated heterocycles. The second-order valence-corrected chi connectivity index (χ2v) is 10.9. The summed E-state index contributed by atoms with van der Waals surface area (Å²) in [7, 11) is 3.42. The Balaban J connectivity index is 1.37. The number of anilines is 3. The fraction of sp³-hybridized carbons (Fsp3) is 0.448. The summed E-state index contributed by atoms with van der Waals surface area (Å²) in [5, 5.41) is 15.8. The van der Waals surface area contributed by atoms with Crippen molar-refractivity contribution >= 4 is 33.7 Å². The van der Waals surface area contributed by atoms with Crippen LogP contribution in [0.5, 0.6) is 11.6 Å². The highest BCUT2D eigenvalue weighted by atomic mass is 19.1. The van der Waals surface area contributed by atoms with Gasteiger partial charge in [0.25, 0.3) is 5.91 Å². The minimum atomic E-state index is -0.231. The number of likely N-dealkylation sites (N-methyl/N-ethyl adjacent to an activating group) is 1. The van der Waals surface area contributed by atoms with Crippen LogP contribution in [0, 0.1) is 5.82 Å². The van der Waals surface area contributed by atoms with Crippen molar-refractivity contribution in [1.82, 2.24) is 10.3 Å². The number of halogens is 1. The van der Waals surface area contributed by atoms with Crippen LogP contribution in [-0.2, 0) is 24.2 Å². The summed E-state index contributed by atoms with van der Waals surface area (Å²) in [6.07, 6.45) is 3.34. The third-order valence-electron chi connectivity index (χ3n) is 8.91. The van der Waals surface area contributed by atoms with Crippen LogP contribution in [0.3, 0.4) is 0 Å². The molecule has 198 valence electrons. The number of phenols is 1. The molecule has 4 aliphatic heterocycles. The highest BCUT2D eigenvalue weighted by molar-refractivity contribution is 6.08. The zero-order chi connectivity index (χ0) is 26.3. The SMILES string of the molecule is CCc1c(F)ccc2cc(O)cc(N3CCc4c(nc(OC)c5c4N4CC6CCC(N6)C4C(=O)N5C)C3)c12. The molecule has 2 N–H and O–H groups in total. The van der Waals surface area contributed by atoms with E-state index >= 15 is 0 Å². The van der Waals surface area contributed by atoms with E-state index in [1.807, 2.05) is 14.0 Å². The minimum absolute atomic E-state index is 0.0770. The van der Waals surface area contributed by atoms with Gasteiger partial charge in [-0.2, -0.15) is 0 Å². The maximum absolute atomic E-state index is 14.8. The highest BCUT2D eigenvalue weighted by Crippen LogP contribution is 2.49. The summed E-state index contributed by atoms with van der Waals surface area (Å²) in [6.45, 7) is 3.92. The van der Waals surface area contributed by atoms with Gasteiger partial charge >= 0.3 is 0 Å². The molecule has 9 heteroatoms. The molecule has 3 aromatic rings. The van der Waals surface area contributed by atoms with Crippen LogP contribution in [0.2, 0.25) is 0 Å². The molecular formula is C29H32FN5O3. The predicted molar refractivity (Wildman–Crippen MR) is 145 cm³/mol. The number of phenolic OH excluding ortho intramolecular Hbond substituents is 1. The van der Waals surface area contributed by atoms with Crippen LogP contribution in [0.4, 0.5) is 21.5 Å². The summed E-state index contributed by atoms with van der Waals surface area (Å²) in [4.78, 5) is 24.7. The Hall–Kier alpha value is -3.59. The average molecular weight is 518 g/mol. The lowest BCUT2D eigenvalue weighted by atomic mass is 9.92. The predicted octanol–water partition coefficient (Wildman–Crippen LogP) is 3.50. The second kappa shape index (κ2) is 8.46. The van der Waals surface area contributed by atoms with Crippen LogP contribution in [0.15, 0.2) is 24.3 Å². The number of piperazine rings is 1. The van der Waals surface area contributed by atoms with Crippen LogP contribution >= 0.6 is 0 Å². The number of hydrogen-bond donors (Lipinski definition) is 2. The van der Waals surface area contributed by atoms with Gasteiger partial charge in [-0.3, -0.25) is 4.79 Å². The first-order valence-corrected chi connectivity index (χ1v) is 13.5. The van der Waals surface area contributed by atoms with Crippen molar-refractivity contribution < 1.29 is 19.0 Å². The van der Waals surface area contributed by atoms with Crippen molar-refractivity contribution in [2.24, 2.45) is 0 Å². The number of carbonyl (C=O) groups excluding carboxylic acids is 1. The number of nitrogens with zero attached hydrogens (tertiary/aromatic N) is 4. The van der Waals surface area contributed by atoms with E-state index in [1.54, 1.807) is 30.2 Å². The normalized spacial score (nSPS) is 23.9. The average Bonchev–Trinajstić information content (AvgIpc) is 3.30. The number of ether oxygens (including phenoxy) is 1. The smallest absolute Gasteiger partial charge is 0.251 e. The van der Waals surface area contributed by atoms with Gasteiger partial charge in [0, 0.05) is 54.9 Å². The van der Waals surface area contributed by atoms with Gasteiger partial charge in [-0.15, -0.1) is 0 Å². The molecule has 7 rings (SSSR count). The number of methoxy groups -OCH3 is 1. The van der Waals surface area contributed by atoms with E-state index in [1.165, 1.54) is 6.07 Å². The number of carbonyl (C=O) groups is 1. The largest absolute Gasteiger partial charge is 0.508 e. The molecule has 0 radical (unpaired) electrons. The Morgan fingerprint density at radius 3 is 2.87 bits per heavy atom. The van der Waals surface area contributed by atoms with Gasteiger partial charge in [0.15, 0.2) is 0 Å². The lowest BCUT2D eigenvalue weighted by molar-refractivity contribution is -0.120. The second-order valence-electron chi connectivity index (χ2n) is 10.9. The number of nitrogens with one attached hydrogen (secondary N) is 1. The summed E-state index contributed by atoms with van der Waals surface area (Å²) < 4.78 is 20.6. The fourth-order valence-corrected chi connectivity index (χ4v) is 7.21. The fourth-order valence-electron chi connectivity index (χ4n) is 7.21. The number of aromatic hydroxyl groups is 1. The van der Waals surface area contributed by atoms with Gasteiger partial charge in [0.2, 0.25) is 5.88 Å². The Kier molecular flexibility index (Phi) is 5.24. The van der Waals surface area contributed by atoms with E-state index in [-0.39, 0.29) is 29.6 Å². The van der Waals surface area contributed by atoms with E-state index in [4.69, 9.17) is 9.72 Å². The zero-order valence-electron chi connectivity index (χ0n) is 21.9. The molecule has 3 atom stereocenters. The monoisotopic (exact) mass is 517 g/mol. The van der Waals surface area contributed by atoms with E-state index in [2.05, 4.69) is 15.1 Å². The number of pyridine rings is 1. The van der Waals surface area contributed by atoms with Gasteiger partial charge in [0.1, 0.15) is 23.3 Å². The number of aromatic nitrogens is 1. The molecule has 2 bridgehead atoms. The molecule has 0 saturated carbocycles. The van der Waals surface area contributed by atoms with Gasteiger partial charge in [-0.25, -0.2) is 9.37 Å². The Morgan fingerprint density at radius 1 is 1.24 bits per heavy atom. The molecule has 3 unspecified atom stereocenters. The Morgan fingerprint density at radius 2 is 2.08 bits per heavy atom. The van der Waals surface area contributed by atoms with Crippen molar-refractivity contribution in [3.63, 3.8) is 0 Å². The molecule has 2 fully saturated rings. The van der Waals surface area contributed by atoms with Crippen molar-refractivity contribution in [3.8, 4) is 11.6 Å². The van der Waals surface area contributed by atoms with Gasteiger partial charge in [-0.05, 0) is 48.8 Å². The lowest BCUT2D eigenvalue weighted by Crippen LogP contribution is -2.66. The highest BCUT2D eigenvalue weighted by Gasteiger charge is 2.50. The third-order valence-corrected chi connectivity index (χ3v) is 8.91. The van der Waals surface area contributed by atoms with Crippen LogP contribution in [0.25, 0.3) is 10.8 Å². The number of hydrogen-bond acceptors (Lipinski definition) is 7. The number of benzene rings is 2. The molecule has 4 aliphatic rings. The molecule has 0 spiro atoms. The van der Waals surface area contributed by atoms with Crippen LogP contribution in [-0.4, -0.2) is 61.4 Å². The first kappa shape index (κ1) is 23.5. The molecule has 8 nitrogen and oxygen atoms in total. The van der Waals surface area contributed by atoms with Crippen molar-refractivity contribution in [1.29, 1.82) is 0 Å². The van der Waals surface area contributed by atoms with Crippen molar-refractivity contribution in [2.75, 3.05) is 41.9 Å². The maximum Gasteiger partial charge on any atom is 0.251 e. The summed E-state index contributed by atoms with van der Waals surface area (Å²) in [6, 6.07) is 6.92. The zero-order valence-corrected chi connectivity index (χ0v) is 21.9. The van der Waals surface area contributed by atoms with E-state index in [0.29, 0.717) is 37.0 Å². The molecule has 1 amide bonds. The molecule has 1 aromatic heterocycles. The van der Waals surface area contributed by atoms with Gasteiger partial charge < -0.3 is 29.9 Å². The quantitative estimate of drug-likeness (QED) is 0.551. The summed E-state index contributed by atoms with van der Waals surface area (Å²) in [5.41, 5.74) is 5.32. The summed E-state index contributed by atoms with van der Waals surface area (Å²) in [5.74, 6) is 0.447. The number of aryl methyl sites for hydroxylation is 1. The molecule has 0 aliphatic carbocycles. The van der Waals surface area contributed by atoms with Crippen LogP contribution < -0.4 is 24.8 Å². The van der Waals surface area contributed by atoms with Crippen molar-refractivity contribution in [3.05, 3.63) is 46.9 Å². The topological polar surface area (TPSA) is 81.2 Å². The molecule has 5 heterocycles. The Bertz CT molecular complexity index is 1490. The van der Waals surface area contributed by atoms with Gasteiger partial charge in [-0.1, -0.05) is 13.0 Å². The molecule has 38 heavy (non-hydrogen) atoms. The van der Waals surface area contributed by atoms with E-state index < -0.39 is 0 Å². The number of amides is 1. The lowest BCUT2D eigenvalue weighted by Gasteiger charge is -2.49. The first-order valence-electron chi connectivity index (χ1n) is 13.5. The number of fused-ring (bicyclic) bond motifs is 9. The van der Waals surface area contributed by atoms with Crippen LogP contribution in [0.1, 0.15) is 36.6 Å². The number of rotatable bonds is 3.